The third-order valence-corrected chi connectivity index (χ3v) is 5.34. The van der Waals surface area contributed by atoms with Crippen molar-refractivity contribution in [3.05, 3.63) is 83.3 Å². The number of hydrogen-bond acceptors (Lipinski definition) is 4. The van der Waals surface area contributed by atoms with Crippen molar-refractivity contribution in [2.45, 2.75) is 11.4 Å². The number of ether oxygens (including phenoxy) is 1. The van der Waals surface area contributed by atoms with E-state index in [-0.39, 0.29) is 28.1 Å². The fraction of sp³-hybridized carbons (Fsp3) is 0.0556. The van der Waals surface area contributed by atoms with Crippen LogP contribution in [-0.2, 0) is 16.6 Å². The highest BCUT2D eigenvalue weighted by molar-refractivity contribution is 7.89. The standard InChI is InChI=1S/C18H14ClFN2O3S/c19-16-8-1-2-9-17(16)26(23,24)22-12-13-5-4-10-21-18(13)25-15-7-3-6-14(20)11-15/h1-11,22H,12H2. The number of nitrogens with one attached hydrogen (secondary N) is 1. The Hall–Kier alpha value is -2.48. The molecule has 0 atom stereocenters. The second kappa shape index (κ2) is 7.82. The molecule has 0 aliphatic rings. The summed E-state index contributed by atoms with van der Waals surface area (Å²) in [5.74, 6) is -0.00160. The van der Waals surface area contributed by atoms with Crippen molar-refractivity contribution in [2.75, 3.05) is 0 Å². The molecule has 3 rings (SSSR count). The molecule has 8 heteroatoms. The Labute approximate surface area is 155 Å². The molecular weight excluding hydrogens is 379 g/mol. The summed E-state index contributed by atoms with van der Waals surface area (Å²) in [7, 11) is -3.81. The zero-order valence-corrected chi connectivity index (χ0v) is 15.0. The number of halogens is 2. The number of hydrogen-bond donors (Lipinski definition) is 1. The van der Waals surface area contributed by atoms with Gasteiger partial charge >= 0.3 is 0 Å². The molecule has 0 bridgehead atoms. The third kappa shape index (κ3) is 4.37. The summed E-state index contributed by atoms with van der Waals surface area (Å²) in [6, 6.07) is 15.1. The molecule has 0 unspecified atom stereocenters. The number of sulfonamides is 1. The lowest BCUT2D eigenvalue weighted by molar-refractivity contribution is 0.451. The maximum Gasteiger partial charge on any atom is 0.242 e. The summed E-state index contributed by atoms with van der Waals surface area (Å²) < 4.78 is 46.2. The molecular formula is C18H14ClFN2O3S. The maximum absolute atomic E-state index is 13.3. The highest BCUT2D eigenvalue weighted by Gasteiger charge is 2.18. The molecule has 0 spiro atoms. The van der Waals surface area contributed by atoms with Crippen molar-refractivity contribution in [1.82, 2.24) is 9.71 Å². The molecule has 5 nitrogen and oxygen atoms in total. The second-order valence-electron chi connectivity index (χ2n) is 5.28. The number of aromatic nitrogens is 1. The van der Waals surface area contributed by atoms with E-state index in [4.69, 9.17) is 16.3 Å². The van der Waals surface area contributed by atoms with E-state index in [0.29, 0.717) is 5.56 Å². The van der Waals surface area contributed by atoms with Gasteiger partial charge in [-0.05, 0) is 30.3 Å². The number of nitrogens with zero attached hydrogens (tertiary/aromatic N) is 1. The van der Waals surface area contributed by atoms with Crippen molar-refractivity contribution < 1.29 is 17.5 Å². The normalized spacial score (nSPS) is 11.3. The molecule has 0 aliphatic heterocycles. The molecule has 0 radical (unpaired) electrons. The quantitative estimate of drug-likeness (QED) is 0.684. The maximum atomic E-state index is 13.3. The van der Waals surface area contributed by atoms with E-state index in [1.165, 1.54) is 36.5 Å². The number of benzene rings is 2. The predicted octanol–water partition coefficient (Wildman–Crippen LogP) is 4.14. The van der Waals surface area contributed by atoms with E-state index in [2.05, 4.69) is 9.71 Å². The van der Waals surface area contributed by atoms with Crippen molar-refractivity contribution in [1.29, 1.82) is 0 Å². The Bertz CT molecular complexity index is 1030. The van der Waals surface area contributed by atoms with Gasteiger partial charge in [-0.15, -0.1) is 0 Å². The Morgan fingerprint density at radius 1 is 1.08 bits per heavy atom. The van der Waals surface area contributed by atoms with Gasteiger partial charge in [0.25, 0.3) is 0 Å². The van der Waals surface area contributed by atoms with Crippen LogP contribution in [0.5, 0.6) is 11.6 Å². The molecule has 0 amide bonds. The lowest BCUT2D eigenvalue weighted by Gasteiger charge is -2.12. The molecule has 0 saturated heterocycles. The summed E-state index contributed by atoms with van der Waals surface area (Å²) in [5, 5.41) is 0.127. The summed E-state index contributed by atoms with van der Waals surface area (Å²) in [6.07, 6.45) is 1.50. The van der Waals surface area contributed by atoms with Crippen LogP contribution in [0.15, 0.2) is 71.8 Å². The average Bonchev–Trinajstić information content (AvgIpc) is 2.61. The van der Waals surface area contributed by atoms with Crippen molar-refractivity contribution in [3.8, 4) is 11.6 Å². The summed E-state index contributed by atoms with van der Waals surface area (Å²) >= 11 is 5.95. The molecule has 26 heavy (non-hydrogen) atoms. The van der Waals surface area contributed by atoms with Gasteiger partial charge in [-0.2, -0.15) is 0 Å². The zero-order valence-electron chi connectivity index (χ0n) is 13.4. The fourth-order valence-electron chi connectivity index (χ4n) is 2.21. The van der Waals surface area contributed by atoms with E-state index in [1.807, 2.05) is 0 Å². The van der Waals surface area contributed by atoms with Gasteiger partial charge in [-0.1, -0.05) is 35.9 Å². The molecule has 0 saturated carbocycles. The van der Waals surface area contributed by atoms with Crippen LogP contribution in [0.4, 0.5) is 4.39 Å². The largest absolute Gasteiger partial charge is 0.439 e. The van der Waals surface area contributed by atoms with Crippen molar-refractivity contribution in [2.24, 2.45) is 0 Å². The number of rotatable bonds is 6. The minimum atomic E-state index is -3.81. The van der Waals surface area contributed by atoms with E-state index < -0.39 is 15.8 Å². The van der Waals surface area contributed by atoms with Gasteiger partial charge < -0.3 is 4.74 Å². The molecule has 1 N–H and O–H groups in total. The van der Waals surface area contributed by atoms with Crippen LogP contribution >= 0.6 is 11.6 Å². The van der Waals surface area contributed by atoms with Crippen LogP contribution in [0.3, 0.4) is 0 Å². The molecule has 134 valence electrons. The Kier molecular flexibility index (Phi) is 5.51. The zero-order chi connectivity index (χ0) is 18.6. The topological polar surface area (TPSA) is 68.3 Å². The Morgan fingerprint density at radius 3 is 2.65 bits per heavy atom. The van der Waals surface area contributed by atoms with Gasteiger partial charge in [0.15, 0.2) is 0 Å². The highest BCUT2D eigenvalue weighted by atomic mass is 35.5. The minimum absolute atomic E-state index is 0.0156. The molecule has 2 aromatic carbocycles. The Morgan fingerprint density at radius 2 is 1.88 bits per heavy atom. The smallest absolute Gasteiger partial charge is 0.242 e. The molecule has 0 fully saturated rings. The predicted molar refractivity (Wildman–Crippen MR) is 96.2 cm³/mol. The first-order valence-corrected chi connectivity index (χ1v) is 9.43. The van der Waals surface area contributed by atoms with Gasteiger partial charge in [0.2, 0.25) is 15.9 Å². The van der Waals surface area contributed by atoms with Crippen LogP contribution in [0, 0.1) is 5.82 Å². The number of pyridine rings is 1. The Balaban J connectivity index is 1.80. The van der Waals surface area contributed by atoms with Crippen LogP contribution in [-0.4, -0.2) is 13.4 Å². The lowest BCUT2D eigenvalue weighted by Crippen LogP contribution is -2.23. The van der Waals surface area contributed by atoms with Gasteiger partial charge in [-0.25, -0.2) is 22.5 Å². The highest BCUT2D eigenvalue weighted by Crippen LogP contribution is 2.25. The first-order valence-electron chi connectivity index (χ1n) is 7.57. The third-order valence-electron chi connectivity index (χ3n) is 3.44. The van der Waals surface area contributed by atoms with Crippen LogP contribution in [0.2, 0.25) is 5.02 Å². The van der Waals surface area contributed by atoms with E-state index in [0.717, 1.165) is 0 Å². The van der Waals surface area contributed by atoms with Crippen LogP contribution in [0.1, 0.15) is 5.56 Å². The summed E-state index contributed by atoms with van der Waals surface area (Å²) in [6.45, 7) is -0.0634. The lowest BCUT2D eigenvalue weighted by atomic mass is 10.3. The van der Waals surface area contributed by atoms with Gasteiger partial charge in [-0.3, -0.25) is 0 Å². The SMILES string of the molecule is O=S(=O)(NCc1cccnc1Oc1cccc(F)c1)c1ccccc1Cl. The van der Waals surface area contributed by atoms with E-state index in [1.54, 1.807) is 30.3 Å². The summed E-state index contributed by atoms with van der Waals surface area (Å²) in [5.41, 5.74) is 0.493. The first-order chi connectivity index (χ1) is 12.5. The average molecular weight is 393 g/mol. The molecule has 0 aliphatic carbocycles. The summed E-state index contributed by atoms with van der Waals surface area (Å²) in [4.78, 5) is 4.07. The van der Waals surface area contributed by atoms with Crippen LogP contribution < -0.4 is 9.46 Å². The van der Waals surface area contributed by atoms with Crippen molar-refractivity contribution >= 4 is 21.6 Å². The minimum Gasteiger partial charge on any atom is -0.439 e. The fourth-order valence-corrected chi connectivity index (χ4v) is 3.73. The van der Waals surface area contributed by atoms with Gasteiger partial charge in [0.05, 0.1) is 5.02 Å². The van der Waals surface area contributed by atoms with E-state index in [9.17, 15) is 12.8 Å². The van der Waals surface area contributed by atoms with E-state index >= 15 is 0 Å². The monoisotopic (exact) mass is 392 g/mol. The van der Waals surface area contributed by atoms with Gasteiger partial charge in [0.1, 0.15) is 16.5 Å². The van der Waals surface area contributed by atoms with Gasteiger partial charge in [0, 0.05) is 24.4 Å². The molecule has 3 aromatic rings. The first kappa shape index (κ1) is 18.3. The second-order valence-corrected chi connectivity index (χ2v) is 7.42. The van der Waals surface area contributed by atoms with Crippen LogP contribution in [0.25, 0.3) is 0 Å². The molecule has 1 heterocycles. The van der Waals surface area contributed by atoms with Crippen molar-refractivity contribution in [3.63, 3.8) is 0 Å². The molecule has 1 aromatic heterocycles.